The maximum absolute atomic E-state index is 12.9. The molecule has 0 saturated carbocycles. The Hall–Kier alpha value is -2.89. The molecule has 1 fully saturated rings. The van der Waals surface area contributed by atoms with Crippen molar-refractivity contribution in [2.24, 2.45) is 0 Å². The second-order valence-corrected chi connectivity index (χ2v) is 6.89. The van der Waals surface area contributed by atoms with Gasteiger partial charge in [0.15, 0.2) is 0 Å². The molecular formula is C21H27N5O. The van der Waals surface area contributed by atoms with Gasteiger partial charge in [0.25, 0.3) is 5.91 Å². The van der Waals surface area contributed by atoms with Gasteiger partial charge in [-0.2, -0.15) is 0 Å². The zero-order valence-corrected chi connectivity index (χ0v) is 16.3. The molecule has 0 bridgehead atoms. The Bertz CT molecular complexity index is 840. The van der Waals surface area contributed by atoms with Crippen LogP contribution in [0.2, 0.25) is 0 Å². The van der Waals surface area contributed by atoms with Crippen LogP contribution in [-0.2, 0) is 0 Å². The number of aromatic nitrogens is 2. The number of aryl methyl sites for hydroxylation is 2. The highest BCUT2D eigenvalue weighted by atomic mass is 16.2. The Morgan fingerprint density at radius 2 is 1.93 bits per heavy atom. The number of nitrogens with one attached hydrogen (secondary N) is 1. The number of amides is 1. The van der Waals surface area contributed by atoms with Gasteiger partial charge in [-0.3, -0.25) is 4.79 Å². The summed E-state index contributed by atoms with van der Waals surface area (Å²) in [6.45, 7) is 13.4. The van der Waals surface area contributed by atoms with Crippen LogP contribution in [0.25, 0.3) is 0 Å². The van der Waals surface area contributed by atoms with Crippen LogP contribution in [0.5, 0.6) is 0 Å². The number of piperazine rings is 1. The fraction of sp³-hybridized carbons (Fsp3) is 0.381. The molecule has 1 amide bonds. The van der Waals surface area contributed by atoms with Crippen molar-refractivity contribution in [2.75, 3.05) is 42.9 Å². The Morgan fingerprint density at radius 1 is 1.19 bits per heavy atom. The van der Waals surface area contributed by atoms with Crippen molar-refractivity contribution in [3.63, 3.8) is 0 Å². The highest BCUT2D eigenvalue weighted by Crippen LogP contribution is 2.24. The van der Waals surface area contributed by atoms with Gasteiger partial charge in [0.2, 0.25) is 5.95 Å². The predicted molar refractivity (Wildman–Crippen MR) is 109 cm³/mol. The second kappa shape index (κ2) is 8.20. The van der Waals surface area contributed by atoms with Crippen LogP contribution >= 0.6 is 0 Å². The van der Waals surface area contributed by atoms with E-state index in [4.69, 9.17) is 0 Å². The molecule has 2 aromatic rings. The molecule has 3 rings (SSSR count). The molecule has 1 aliphatic rings. The number of anilines is 2. The second-order valence-electron chi connectivity index (χ2n) is 6.89. The molecule has 0 spiro atoms. The van der Waals surface area contributed by atoms with Crippen molar-refractivity contribution < 1.29 is 4.79 Å². The monoisotopic (exact) mass is 365 g/mol. The molecule has 0 radical (unpaired) electrons. The molecule has 27 heavy (non-hydrogen) atoms. The lowest BCUT2D eigenvalue weighted by atomic mass is 10.1. The van der Waals surface area contributed by atoms with Crippen LogP contribution < -0.4 is 10.2 Å². The standard InChI is InChI=1S/C21H27N5O/c1-5-9-22-21-23-16(3)14-18(24-21)20(27)26-12-10-25(11-13-26)19-8-6-7-15(2)17(19)4/h5-8,14H,1,9-13H2,2-4H3,(H,22,23,24). The Morgan fingerprint density at radius 3 is 2.63 bits per heavy atom. The molecule has 0 unspecified atom stereocenters. The fourth-order valence-corrected chi connectivity index (χ4v) is 3.31. The third kappa shape index (κ3) is 4.27. The summed E-state index contributed by atoms with van der Waals surface area (Å²) in [6.07, 6.45) is 1.74. The van der Waals surface area contributed by atoms with Crippen LogP contribution in [0.3, 0.4) is 0 Å². The molecule has 6 heteroatoms. The minimum atomic E-state index is -0.0391. The van der Waals surface area contributed by atoms with Gasteiger partial charge < -0.3 is 15.1 Å². The highest BCUT2D eigenvalue weighted by Gasteiger charge is 2.24. The van der Waals surface area contributed by atoms with Crippen molar-refractivity contribution in [3.8, 4) is 0 Å². The van der Waals surface area contributed by atoms with Crippen LogP contribution in [0.15, 0.2) is 36.9 Å². The Kier molecular flexibility index (Phi) is 5.74. The molecular weight excluding hydrogens is 338 g/mol. The molecule has 0 atom stereocenters. The smallest absolute Gasteiger partial charge is 0.272 e. The molecule has 1 saturated heterocycles. The number of nitrogens with zero attached hydrogens (tertiary/aromatic N) is 4. The van der Waals surface area contributed by atoms with E-state index in [1.807, 2.05) is 11.8 Å². The van der Waals surface area contributed by atoms with Gasteiger partial charge in [0, 0.05) is 44.1 Å². The molecule has 2 heterocycles. The van der Waals surface area contributed by atoms with E-state index in [0.717, 1.165) is 18.8 Å². The van der Waals surface area contributed by atoms with E-state index in [1.54, 1.807) is 12.1 Å². The first kappa shape index (κ1) is 18.9. The summed E-state index contributed by atoms with van der Waals surface area (Å²) in [7, 11) is 0. The SMILES string of the molecule is C=CCNc1nc(C)cc(C(=O)N2CCN(c3cccc(C)c3C)CC2)n1. The van der Waals surface area contributed by atoms with Crippen LogP contribution in [0.1, 0.15) is 27.3 Å². The summed E-state index contributed by atoms with van der Waals surface area (Å²) in [5, 5.41) is 3.05. The molecule has 1 aromatic carbocycles. The summed E-state index contributed by atoms with van der Waals surface area (Å²) in [6, 6.07) is 8.13. The van der Waals surface area contributed by atoms with Gasteiger partial charge in [-0.25, -0.2) is 9.97 Å². The number of benzene rings is 1. The average molecular weight is 365 g/mol. The number of carbonyl (C=O) groups is 1. The minimum absolute atomic E-state index is 0.0391. The van der Waals surface area contributed by atoms with E-state index in [9.17, 15) is 4.79 Å². The summed E-state index contributed by atoms with van der Waals surface area (Å²) in [4.78, 5) is 25.8. The van der Waals surface area contributed by atoms with Crippen LogP contribution in [-0.4, -0.2) is 53.5 Å². The van der Waals surface area contributed by atoms with Gasteiger partial charge >= 0.3 is 0 Å². The van der Waals surface area contributed by atoms with E-state index in [0.29, 0.717) is 31.3 Å². The topological polar surface area (TPSA) is 61.4 Å². The largest absolute Gasteiger partial charge is 0.368 e. The van der Waals surface area contributed by atoms with Gasteiger partial charge in [-0.15, -0.1) is 6.58 Å². The maximum atomic E-state index is 12.9. The van der Waals surface area contributed by atoms with Crippen molar-refractivity contribution >= 4 is 17.5 Å². The summed E-state index contributed by atoms with van der Waals surface area (Å²) in [5.74, 6) is 0.426. The van der Waals surface area contributed by atoms with Gasteiger partial charge in [-0.05, 0) is 44.0 Å². The molecule has 1 N–H and O–H groups in total. The molecule has 1 aliphatic heterocycles. The fourth-order valence-electron chi connectivity index (χ4n) is 3.31. The molecule has 6 nitrogen and oxygen atoms in total. The Balaban J connectivity index is 1.69. The van der Waals surface area contributed by atoms with Crippen molar-refractivity contribution in [3.05, 3.63) is 59.4 Å². The van der Waals surface area contributed by atoms with E-state index in [-0.39, 0.29) is 5.91 Å². The Labute approximate surface area is 160 Å². The summed E-state index contributed by atoms with van der Waals surface area (Å²) >= 11 is 0. The van der Waals surface area contributed by atoms with Crippen molar-refractivity contribution in [1.29, 1.82) is 0 Å². The lowest BCUT2D eigenvalue weighted by Crippen LogP contribution is -2.49. The maximum Gasteiger partial charge on any atom is 0.272 e. The number of carbonyl (C=O) groups excluding carboxylic acids is 1. The highest BCUT2D eigenvalue weighted by molar-refractivity contribution is 5.92. The quantitative estimate of drug-likeness (QED) is 0.826. The average Bonchev–Trinajstić information content (AvgIpc) is 2.67. The van der Waals surface area contributed by atoms with Crippen LogP contribution in [0.4, 0.5) is 11.6 Å². The molecule has 142 valence electrons. The first-order valence-electron chi connectivity index (χ1n) is 9.30. The third-order valence-electron chi connectivity index (χ3n) is 4.96. The van der Waals surface area contributed by atoms with Gasteiger partial charge in [0.1, 0.15) is 5.69 Å². The minimum Gasteiger partial charge on any atom is -0.368 e. The number of rotatable bonds is 5. The first-order valence-corrected chi connectivity index (χ1v) is 9.30. The van der Waals surface area contributed by atoms with E-state index >= 15 is 0 Å². The van der Waals surface area contributed by atoms with Crippen molar-refractivity contribution in [2.45, 2.75) is 20.8 Å². The molecule has 1 aromatic heterocycles. The van der Waals surface area contributed by atoms with E-state index in [1.165, 1.54) is 16.8 Å². The normalized spacial score (nSPS) is 14.2. The zero-order chi connectivity index (χ0) is 19.4. The van der Waals surface area contributed by atoms with Crippen molar-refractivity contribution in [1.82, 2.24) is 14.9 Å². The van der Waals surface area contributed by atoms with E-state index < -0.39 is 0 Å². The number of hydrogen-bond donors (Lipinski definition) is 1. The zero-order valence-electron chi connectivity index (χ0n) is 16.3. The lowest BCUT2D eigenvalue weighted by molar-refractivity contribution is 0.0740. The predicted octanol–water partition coefficient (Wildman–Crippen LogP) is 2.96. The third-order valence-corrected chi connectivity index (χ3v) is 4.96. The molecule has 0 aliphatic carbocycles. The van der Waals surface area contributed by atoms with Crippen LogP contribution in [0, 0.1) is 20.8 Å². The number of hydrogen-bond acceptors (Lipinski definition) is 5. The first-order chi connectivity index (χ1) is 13.0. The lowest BCUT2D eigenvalue weighted by Gasteiger charge is -2.37. The van der Waals surface area contributed by atoms with Gasteiger partial charge in [-0.1, -0.05) is 18.2 Å². The van der Waals surface area contributed by atoms with E-state index in [2.05, 4.69) is 58.8 Å². The summed E-state index contributed by atoms with van der Waals surface area (Å²) in [5.41, 5.74) is 5.07. The summed E-state index contributed by atoms with van der Waals surface area (Å²) < 4.78 is 0. The van der Waals surface area contributed by atoms with Gasteiger partial charge in [0.05, 0.1) is 0 Å².